The highest BCUT2D eigenvalue weighted by molar-refractivity contribution is 8.14. The van der Waals surface area contributed by atoms with Gasteiger partial charge in [-0.25, -0.2) is 0 Å². The molecule has 1 saturated heterocycles. The summed E-state index contributed by atoms with van der Waals surface area (Å²) in [5.41, 5.74) is 1.92. The molecule has 7 heteroatoms. The highest BCUT2D eigenvalue weighted by Gasteiger charge is 2.44. The van der Waals surface area contributed by atoms with Crippen LogP contribution in [0.2, 0.25) is 0 Å². The van der Waals surface area contributed by atoms with Gasteiger partial charge in [0.05, 0.1) is 26.0 Å². The Bertz CT molecular complexity index is 818. The molecule has 0 bridgehead atoms. The molecule has 0 amide bonds. The van der Waals surface area contributed by atoms with Gasteiger partial charge >= 0.3 is 0 Å². The van der Waals surface area contributed by atoms with Gasteiger partial charge in [-0.05, 0) is 29.8 Å². The highest BCUT2D eigenvalue weighted by Crippen LogP contribution is 2.50. The molecule has 0 aliphatic carbocycles. The van der Waals surface area contributed by atoms with E-state index >= 15 is 0 Å². The molecule has 3 unspecified atom stereocenters. The number of benzene rings is 1. The number of pyridine rings is 1. The maximum absolute atomic E-state index is 10.3. The molecule has 6 nitrogen and oxygen atoms in total. The van der Waals surface area contributed by atoms with Crippen LogP contribution >= 0.6 is 11.8 Å². The lowest BCUT2D eigenvalue weighted by atomic mass is 9.95. The number of aromatic hydroxyl groups is 1. The van der Waals surface area contributed by atoms with E-state index in [1.807, 2.05) is 30.3 Å². The number of phenolic OH excluding ortho intramolecular Hbond substituents is 1. The van der Waals surface area contributed by atoms with Crippen LogP contribution in [0.1, 0.15) is 30.3 Å². The summed E-state index contributed by atoms with van der Waals surface area (Å²) in [6.07, 6.45) is 1.80. The van der Waals surface area contributed by atoms with Gasteiger partial charge in [0.15, 0.2) is 16.7 Å². The van der Waals surface area contributed by atoms with Crippen LogP contribution in [0.25, 0.3) is 0 Å². The summed E-state index contributed by atoms with van der Waals surface area (Å²) in [6.45, 7) is 3.12. The van der Waals surface area contributed by atoms with E-state index in [0.717, 1.165) is 23.0 Å². The summed E-state index contributed by atoms with van der Waals surface area (Å²) in [7, 11) is 3.08. The van der Waals surface area contributed by atoms with Crippen molar-refractivity contribution >= 4 is 16.9 Å². The van der Waals surface area contributed by atoms with E-state index in [1.54, 1.807) is 32.2 Å². The van der Waals surface area contributed by atoms with Crippen LogP contribution in [-0.2, 0) is 0 Å². The second-order valence-corrected chi connectivity index (χ2v) is 7.82. The molecule has 3 atom stereocenters. The molecule has 136 valence electrons. The van der Waals surface area contributed by atoms with Gasteiger partial charge in [-0.3, -0.25) is 9.98 Å². The van der Waals surface area contributed by atoms with Crippen LogP contribution in [-0.4, -0.2) is 46.2 Å². The normalized spacial score (nSPS) is 24.3. The van der Waals surface area contributed by atoms with Crippen LogP contribution in [0.5, 0.6) is 17.2 Å². The highest BCUT2D eigenvalue weighted by atomic mass is 32.2. The monoisotopic (exact) mass is 371 g/mol. The second kappa shape index (κ2) is 6.72. The summed E-state index contributed by atoms with van der Waals surface area (Å²) >= 11 is 1.79. The summed E-state index contributed by atoms with van der Waals surface area (Å²) in [5, 5.41) is 11.8. The summed E-state index contributed by atoms with van der Waals surface area (Å²) < 4.78 is 10.7. The van der Waals surface area contributed by atoms with Gasteiger partial charge in [0.2, 0.25) is 5.75 Å². The lowest BCUT2D eigenvalue weighted by Gasteiger charge is -2.28. The Morgan fingerprint density at radius 3 is 2.54 bits per heavy atom. The number of thioether (sulfide) groups is 1. The fourth-order valence-corrected chi connectivity index (χ4v) is 4.66. The maximum Gasteiger partial charge on any atom is 0.200 e. The van der Waals surface area contributed by atoms with Crippen molar-refractivity contribution in [3.63, 3.8) is 0 Å². The molecule has 26 heavy (non-hydrogen) atoms. The standard InChI is InChI=1S/C19H21N3O3S/c1-11-10-22-17(12-8-14(24-2)18(23)15(9-12)25-3)16(21-19(22)26-11)13-6-4-5-7-20-13/h4-9,11,16-17,23H,10H2,1-3H3. The number of phenols is 1. The quantitative estimate of drug-likeness (QED) is 0.889. The van der Waals surface area contributed by atoms with Crippen molar-refractivity contribution < 1.29 is 14.6 Å². The third-order valence-corrected chi connectivity index (χ3v) is 5.83. The Labute approximate surface area is 156 Å². The van der Waals surface area contributed by atoms with Gasteiger partial charge in [-0.2, -0.15) is 0 Å². The molecule has 0 radical (unpaired) electrons. The third-order valence-electron chi connectivity index (χ3n) is 4.72. The number of amidine groups is 1. The number of nitrogens with zero attached hydrogens (tertiary/aromatic N) is 3. The third kappa shape index (κ3) is 2.76. The Morgan fingerprint density at radius 1 is 1.19 bits per heavy atom. The Balaban J connectivity index is 1.82. The van der Waals surface area contributed by atoms with Gasteiger partial charge in [-0.15, -0.1) is 0 Å². The van der Waals surface area contributed by atoms with Crippen LogP contribution in [0.3, 0.4) is 0 Å². The van der Waals surface area contributed by atoms with Crippen molar-refractivity contribution in [2.75, 3.05) is 20.8 Å². The zero-order valence-electron chi connectivity index (χ0n) is 14.9. The average Bonchev–Trinajstić information content (AvgIpc) is 3.18. The van der Waals surface area contributed by atoms with E-state index in [0.29, 0.717) is 16.7 Å². The predicted octanol–water partition coefficient (Wildman–Crippen LogP) is 3.39. The van der Waals surface area contributed by atoms with Crippen molar-refractivity contribution in [1.29, 1.82) is 0 Å². The van der Waals surface area contributed by atoms with Gasteiger partial charge in [0.25, 0.3) is 0 Å². The van der Waals surface area contributed by atoms with Crippen molar-refractivity contribution in [3.8, 4) is 17.2 Å². The number of hydrogen-bond acceptors (Lipinski definition) is 7. The number of aliphatic imine (C=N–C) groups is 1. The van der Waals surface area contributed by atoms with E-state index in [9.17, 15) is 5.11 Å². The van der Waals surface area contributed by atoms with Gasteiger partial charge in [0.1, 0.15) is 6.04 Å². The minimum atomic E-state index is -0.106. The zero-order valence-corrected chi connectivity index (χ0v) is 15.7. The van der Waals surface area contributed by atoms with E-state index in [2.05, 4.69) is 16.8 Å². The van der Waals surface area contributed by atoms with Crippen LogP contribution < -0.4 is 9.47 Å². The number of fused-ring (bicyclic) bond motifs is 1. The number of rotatable bonds is 4. The summed E-state index contributed by atoms with van der Waals surface area (Å²) in [5.74, 6) is 0.802. The average molecular weight is 371 g/mol. The first kappa shape index (κ1) is 17.0. The molecule has 0 spiro atoms. The minimum Gasteiger partial charge on any atom is -0.502 e. The van der Waals surface area contributed by atoms with Crippen LogP contribution in [0.4, 0.5) is 0 Å². The van der Waals surface area contributed by atoms with E-state index in [-0.39, 0.29) is 17.8 Å². The molecule has 2 aliphatic heterocycles. The Kier molecular flexibility index (Phi) is 4.40. The van der Waals surface area contributed by atoms with Gasteiger partial charge < -0.3 is 19.5 Å². The number of hydrogen-bond donors (Lipinski definition) is 1. The largest absolute Gasteiger partial charge is 0.502 e. The first-order valence-electron chi connectivity index (χ1n) is 8.49. The second-order valence-electron chi connectivity index (χ2n) is 6.41. The molecule has 3 heterocycles. The van der Waals surface area contributed by atoms with E-state index in [4.69, 9.17) is 14.5 Å². The van der Waals surface area contributed by atoms with Crippen molar-refractivity contribution in [3.05, 3.63) is 47.8 Å². The lowest BCUT2D eigenvalue weighted by Crippen LogP contribution is -2.28. The van der Waals surface area contributed by atoms with E-state index < -0.39 is 0 Å². The first-order chi connectivity index (χ1) is 12.6. The van der Waals surface area contributed by atoms with Crippen LogP contribution in [0.15, 0.2) is 41.5 Å². The number of aromatic nitrogens is 1. The first-order valence-corrected chi connectivity index (χ1v) is 9.37. The molecule has 0 saturated carbocycles. The Hall–Kier alpha value is -2.41. The molecule has 1 aromatic heterocycles. The smallest absolute Gasteiger partial charge is 0.200 e. The SMILES string of the molecule is COc1cc(C2C(c3ccccn3)N=C3SC(C)CN32)cc(OC)c1O. The number of methoxy groups -OCH3 is 2. The molecule has 2 aliphatic rings. The fraction of sp³-hybridized carbons (Fsp3) is 0.368. The number of ether oxygens (including phenoxy) is 2. The van der Waals surface area contributed by atoms with Crippen LogP contribution in [0, 0.1) is 0 Å². The Morgan fingerprint density at radius 2 is 1.92 bits per heavy atom. The summed E-state index contributed by atoms with van der Waals surface area (Å²) in [6, 6.07) is 9.51. The molecular formula is C19H21N3O3S. The van der Waals surface area contributed by atoms with E-state index in [1.165, 1.54) is 0 Å². The van der Waals surface area contributed by atoms with Crippen molar-refractivity contribution in [1.82, 2.24) is 9.88 Å². The van der Waals surface area contributed by atoms with Gasteiger partial charge in [0, 0.05) is 18.0 Å². The topological polar surface area (TPSA) is 67.2 Å². The zero-order chi connectivity index (χ0) is 18.3. The maximum atomic E-state index is 10.3. The lowest BCUT2D eigenvalue weighted by molar-refractivity contribution is 0.311. The molecular weight excluding hydrogens is 350 g/mol. The molecule has 1 N–H and O–H groups in total. The molecule has 4 rings (SSSR count). The molecule has 1 aromatic carbocycles. The van der Waals surface area contributed by atoms with Crippen molar-refractivity contribution in [2.45, 2.75) is 24.3 Å². The fourth-order valence-electron chi connectivity index (χ4n) is 3.56. The van der Waals surface area contributed by atoms with Gasteiger partial charge in [-0.1, -0.05) is 24.8 Å². The van der Waals surface area contributed by atoms with Crippen molar-refractivity contribution in [2.24, 2.45) is 4.99 Å². The predicted molar refractivity (Wildman–Crippen MR) is 102 cm³/mol. The molecule has 2 aromatic rings. The minimum absolute atomic E-state index is 0.0106. The molecule has 1 fully saturated rings. The summed E-state index contributed by atoms with van der Waals surface area (Å²) in [4.78, 5) is 11.8.